The van der Waals surface area contributed by atoms with Crippen molar-refractivity contribution in [3.8, 4) is 5.75 Å². The quantitative estimate of drug-likeness (QED) is 0.670. The maximum Gasteiger partial charge on any atom is 0.257 e. The Bertz CT molecular complexity index is 1030. The van der Waals surface area contributed by atoms with E-state index in [9.17, 15) is 9.59 Å². The molecule has 1 heterocycles. The second kappa shape index (κ2) is 9.01. The van der Waals surface area contributed by atoms with Gasteiger partial charge < -0.3 is 15.4 Å². The zero-order valence-corrected chi connectivity index (χ0v) is 16.7. The first-order valence-electron chi connectivity index (χ1n) is 9.21. The standard InChI is InChI=1S/C23H23N3O3/c1-15-4-7-20(10-16(15)2)26-23(28)19-11-18(13-24-14-19)22(27)25-12-17-5-8-21(29-3)9-6-17/h4-11,13-14H,12H2,1-3H3,(H,25,27)(H,26,28). The monoisotopic (exact) mass is 389 g/mol. The van der Waals surface area contributed by atoms with Crippen molar-refractivity contribution in [2.45, 2.75) is 20.4 Å². The van der Waals surface area contributed by atoms with Crippen LogP contribution in [0.2, 0.25) is 0 Å². The third-order valence-corrected chi connectivity index (χ3v) is 4.64. The number of benzene rings is 2. The molecule has 6 nitrogen and oxygen atoms in total. The zero-order valence-electron chi connectivity index (χ0n) is 16.7. The second-order valence-corrected chi connectivity index (χ2v) is 6.75. The third-order valence-electron chi connectivity index (χ3n) is 4.64. The molecule has 148 valence electrons. The summed E-state index contributed by atoms with van der Waals surface area (Å²) >= 11 is 0. The summed E-state index contributed by atoms with van der Waals surface area (Å²) in [6, 6.07) is 14.7. The van der Waals surface area contributed by atoms with Gasteiger partial charge in [-0.1, -0.05) is 18.2 Å². The molecular formula is C23H23N3O3. The molecule has 0 spiro atoms. The normalized spacial score (nSPS) is 10.3. The van der Waals surface area contributed by atoms with Gasteiger partial charge in [0.15, 0.2) is 0 Å². The molecule has 1 aromatic heterocycles. The number of carbonyl (C=O) groups is 2. The molecule has 6 heteroatoms. The Morgan fingerprint density at radius 3 is 2.24 bits per heavy atom. The van der Waals surface area contributed by atoms with Crippen LogP contribution in [0.4, 0.5) is 5.69 Å². The van der Waals surface area contributed by atoms with E-state index >= 15 is 0 Å². The Morgan fingerprint density at radius 2 is 1.59 bits per heavy atom. The molecule has 0 bridgehead atoms. The number of hydrogen-bond donors (Lipinski definition) is 2. The molecular weight excluding hydrogens is 366 g/mol. The van der Waals surface area contributed by atoms with Gasteiger partial charge in [-0.15, -0.1) is 0 Å². The Hall–Kier alpha value is -3.67. The molecule has 29 heavy (non-hydrogen) atoms. The number of rotatable bonds is 6. The van der Waals surface area contributed by atoms with Gasteiger partial charge in [0.25, 0.3) is 11.8 Å². The fourth-order valence-electron chi connectivity index (χ4n) is 2.74. The molecule has 0 saturated heterocycles. The van der Waals surface area contributed by atoms with Crippen molar-refractivity contribution in [2.75, 3.05) is 12.4 Å². The summed E-state index contributed by atoms with van der Waals surface area (Å²) in [5.74, 6) is 0.145. The maximum atomic E-state index is 12.5. The van der Waals surface area contributed by atoms with Gasteiger partial charge in [0.05, 0.1) is 18.2 Å². The summed E-state index contributed by atoms with van der Waals surface area (Å²) < 4.78 is 5.12. The minimum atomic E-state index is -0.314. The molecule has 0 aliphatic carbocycles. The predicted molar refractivity (Wildman–Crippen MR) is 112 cm³/mol. The number of nitrogens with zero attached hydrogens (tertiary/aromatic N) is 1. The van der Waals surface area contributed by atoms with E-state index in [4.69, 9.17) is 4.74 Å². The van der Waals surface area contributed by atoms with Gasteiger partial charge in [0, 0.05) is 24.6 Å². The molecule has 2 aromatic carbocycles. The lowest BCUT2D eigenvalue weighted by Gasteiger charge is -2.09. The largest absolute Gasteiger partial charge is 0.497 e. The summed E-state index contributed by atoms with van der Waals surface area (Å²) in [4.78, 5) is 29.0. The van der Waals surface area contributed by atoms with Crippen molar-refractivity contribution in [2.24, 2.45) is 0 Å². The fraction of sp³-hybridized carbons (Fsp3) is 0.174. The van der Waals surface area contributed by atoms with E-state index in [1.54, 1.807) is 7.11 Å². The van der Waals surface area contributed by atoms with Crippen LogP contribution >= 0.6 is 0 Å². The van der Waals surface area contributed by atoms with Crippen LogP contribution in [0.5, 0.6) is 5.75 Å². The number of aromatic nitrogens is 1. The maximum absolute atomic E-state index is 12.5. The number of ether oxygens (including phenoxy) is 1. The summed E-state index contributed by atoms with van der Waals surface area (Å²) in [5, 5.41) is 5.67. The predicted octanol–water partition coefficient (Wildman–Crippen LogP) is 3.89. The van der Waals surface area contributed by atoms with Crippen LogP contribution in [0.3, 0.4) is 0 Å². The first kappa shape index (κ1) is 20.1. The molecule has 3 aromatic rings. The van der Waals surface area contributed by atoms with Crippen LogP contribution in [-0.4, -0.2) is 23.9 Å². The van der Waals surface area contributed by atoms with Gasteiger partial charge in [-0.3, -0.25) is 14.6 Å². The number of anilines is 1. The fourth-order valence-corrected chi connectivity index (χ4v) is 2.74. The molecule has 0 atom stereocenters. The van der Waals surface area contributed by atoms with Crippen LogP contribution in [0.25, 0.3) is 0 Å². The third kappa shape index (κ3) is 5.19. The van der Waals surface area contributed by atoms with Crippen LogP contribution in [0, 0.1) is 13.8 Å². The molecule has 2 N–H and O–H groups in total. The molecule has 3 rings (SSSR count). The number of carbonyl (C=O) groups excluding carboxylic acids is 2. The van der Waals surface area contributed by atoms with E-state index in [1.807, 2.05) is 56.3 Å². The average Bonchev–Trinajstić information content (AvgIpc) is 2.75. The lowest BCUT2D eigenvalue weighted by molar-refractivity contribution is 0.0950. The van der Waals surface area contributed by atoms with Crippen LogP contribution in [-0.2, 0) is 6.54 Å². The van der Waals surface area contributed by atoms with Crippen LogP contribution < -0.4 is 15.4 Å². The van der Waals surface area contributed by atoms with Crippen molar-refractivity contribution >= 4 is 17.5 Å². The Morgan fingerprint density at radius 1 is 0.897 bits per heavy atom. The van der Waals surface area contributed by atoms with E-state index in [-0.39, 0.29) is 11.8 Å². The molecule has 0 radical (unpaired) electrons. The van der Waals surface area contributed by atoms with Crippen LogP contribution in [0.1, 0.15) is 37.4 Å². The second-order valence-electron chi connectivity index (χ2n) is 6.75. The highest BCUT2D eigenvalue weighted by molar-refractivity contribution is 6.05. The molecule has 0 aliphatic rings. The number of amides is 2. The average molecular weight is 389 g/mol. The number of hydrogen-bond acceptors (Lipinski definition) is 4. The van der Waals surface area contributed by atoms with Gasteiger partial charge in [0.2, 0.25) is 0 Å². The highest BCUT2D eigenvalue weighted by Gasteiger charge is 2.12. The van der Waals surface area contributed by atoms with Gasteiger partial charge >= 0.3 is 0 Å². The Balaban J connectivity index is 1.64. The first-order valence-corrected chi connectivity index (χ1v) is 9.21. The molecule has 2 amide bonds. The number of pyridine rings is 1. The smallest absolute Gasteiger partial charge is 0.257 e. The van der Waals surface area contributed by atoms with E-state index in [0.29, 0.717) is 23.4 Å². The van der Waals surface area contributed by atoms with E-state index in [0.717, 1.165) is 22.4 Å². The molecule has 0 fully saturated rings. The van der Waals surface area contributed by atoms with E-state index in [2.05, 4.69) is 15.6 Å². The van der Waals surface area contributed by atoms with Crippen molar-refractivity contribution < 1.29 is 14.3 Å². The highest BCUT2D eigenvalue weighted by Crippen LogP contribution is 2.16. The summed E-state index contributed by atoms with van der Waals surface area (Å²) in [6.45, 7) is 4.36. The molecule has 0 aliphatic heterocycles. The minimum Gasteiger partial charge on any atom is -0.497 e. The van der Waals surface area contributed by atoms with E-state index < -0.39 is 0 Å². The Labute approximate surface area is 169 Å². The SMILES string of the molecule is COc1ccc(CNC(=O)c2cncc(C(=O)Nc3ccc(C)c(C)c3)c2)cc1. The van der Waals surface area contributed by atoms with E-state index in [1.165, 1.54) is 18.5 Å². The van der Waals surface area contributed by atoms with Crippen LogP contribution in [0.15, 0.2) is 60.9 Å². The number of nitrogens with one attached hydrogen (secondary N) is 2. The van der Waals surface area contributed by atoms with Crippen molar-refractivity contribution in [1.29, 1.82) is 0 Å². The van der Waals surface area contributed by atoms with Gasteiger partial charge in [-0.05, 0) is 60.9 Å². The van der Waals surface area contributed by atoms with Crippen molar-refractivity contribution in [3.63, 3.8) is 0 Å². The zero-order chi connectivity index (χ0) is 20.8. The Kier molecular flexibility index (Phi) is 6.24. The lowest BCUT2D eigenvalue weighted by atomic mass is 10.1. The van der Waals surface area contributed by atoms with Gasteiger partial charge in [0.1, 0.15) is 5.75 Å². The van der Waals surface area contributed by atoms with Crippen molar-refractivity contribution in [3.05, 3.63) is 88.7 Å². The number of methoxy groups -OCH3 is 1. The molecule has 0 saturated carbocycles. The summed E-state index contributed by atoms with van der Waals surface area (Å²) in [5.41, 5.74) is 4.53. The highest BCUT2D eigenvalue weighted by atomic mass is 16.5. The lowest BCUT2D eigenvalue weighted by Crippen LogP contribution is -2.23. The molecule has 0 unspecified atom stereocenters. The minimum absolute atomic E-state index is 0.297. The summed E-state index contributed by atoms with van der Waals surface area (Å²) in [7, 11) is 1.60. The summed E-state index contributed by atoms with van der Waals surface area (Å²) in [6.07, 6.45) is 2.88. The van der Waals surface area contributed by atoms with Gasteiger partial charge in [-0.25, -0.2) is 0 Å². The topological polar surface area (TPSA) is 80.3 Å². The first-order chi connectivity index (χ1) is 14.0. The van der Waals surface area contributed by atoms with Crippen molar-refractivity contribution in [1.82, 2.24) is 10.3 Å². The number of aryl methyl sites for hydroxylation is 2. The van der Waals surface area contributed by atoms with Gasteiger partial charge in [-0.2, -0.15) is 0 Å².